The Kier molecular flexibility index (Phi) is 6.44. The van der Waals surface area contributed by atoms with Gasteiger partial charge in [-0.3, -0.25) is 4.79 Å². The van der Waals surface area contributed by atoms with Gasteiger partial charge in [0.15, 0.2) is 0 Å². The van der Waals surface area contributed by atoms with E-state index in [1.54, 1.807) is 13.8 Å². The summed E-state index contributed by atoms with van der Waals surface area (Å²) in [4.78, 5) is 37.2. The number of nitrogens with one attached hydrogen (secondary N) is 1. The first-order valence-corrected chi connectivity index (χ1v) is 9.80. The standard InChI is InChI=1S/C19H27NO5S/c1-6-24-17(22)14-12-9-8-11(19(3,4)5)10-13(12)26-16(14)20-15(21)18(23)25-7-2/h11H,6-10H2,1-5H3,(H,20,21)/t11-/m1/s1. The van der Waals surface area contributed by atoms with E-state index < -0.39 is 17.8 Å². The fourth-order valence-electron chi connectivity index (χ4n) is 3.18. The Labute approximate surface area is 158 Å². The van der Waals surface area contributed by atoms with Crippen molar-refractivity contribution in [1.82, 2.24) is 0 Å². The molecule has 144 valence electrons. The minimum Gasteiger partial charge on any atom is -0.462 e. The van der Waals surface area contributed by atoms with E-state index >= 15 is 0 Å². The molecule has 1 aliphatic carbocycles. The largest absolute Gasteiger partial charge is 0.462 e. The van der Waals surface area contributed by atoms with Crippen LogP contribution in [0.4, 0.5) is 5.00 Å². The van der Waals surface area contributed by atoms with Crippen LogP contribution in [0, 0.1) is 11.3 Å². The summed E-state index contributed by atoms with van der Waals surface area (Å²) >= 11 is 1.36. The molecular weight excluding hydrogens is 354 g/mol. The molecule has 0 aromatic carbocycles. The Morgan fingerprint density at radius 2 is 1.81 bits per heavy atom. The van der Waals surface area contributed by atoms with Crippen LogP contribution in [0.15, 0.2) is 0 Å². The fourth-order valence-corrected chi connectivity index (χ4v) is 4.49. The molecule has 0 bridgehead atoms. The predicted molar refractivity (Wildman–Crippen MR) is 101 cm³/mol. The number of hydrogen-bond donors (Lipinski definition) is 1. The van der Waals surface area contributed by atoms with Gasteiger partial charge < -0.3 is 14.8 Å². The summed E-state index contributed by atoms with van der Waals surface area (Å²) in [6.45, 7) is 10.4. The Bertz CT molecular complexity index is 702. The monoisotopic (exact) mass is 381 g/mol. The van der Waals surface area contributed by atoms with E-state index in [0.29, 0.717) is 16.5 Å². The Morgan fingerprint density at radius 3 is 2.38 bits per heavy atom. The molecule has 1 amide bonds. The molecule has 1 atom stereocenters. The molecule has 0 fully saturated rings. The van der Waals surface area contributed by atoms with Crippen molar-refractivity contribution in [2.75, 3.05) is 18.5 Å². The van der Waals surface area contributed by atoms with Crippen LogP contribution < -0.4 is 5.32 Å². The summed E-state index contributed by atoms with van der Waals surface area (Å²) in [6, 6.07) is 0. The second-order valence-electron chi connectivity index (χ2n) is 7.41. The zero-order valence-electron chi connectivity index (χ0n) is 16.1. The molecule has 0 saturated carbocycles. The lowest BCUT2D eigenvalue weighted by molar-refractivity contribution is -0.152. The topological polar surface area (TPSA) is 81.7 Å². The van der Waals surface area contributed by atoms with Gasteiger partial charge in [0.2, 0.25) is 0 Å². The summed E-state index contributed by atoms with van der Waals surface area (Å²) in [7, 11) is 0. The van der Waals surface area contributed by atoms with E-state index in [1.165, 1.54) is 11.3 Å². The first-order valence-electron chi connectivity index (χ1n) is 8.98. The lowest BCUT2D eigenvalue weighted by Gasteiger charge is -2.33. The van der Waals surface area contributed by atoms with Crippen LogP contribution in [-0.4, -0.2) is 31.1 Å². The number of anilines is 1. The average molecular weight is 381 g/mol. The first kappa shape index (κ1) is 20.4. The smallest absolute Gasteiger partial charge is 0.397 e. The summed E-state index contributed by atoms with van der Waals surface area (Å²) in [6.07, 6.45) is 2.59. The molecule has 0 aliphatic heterocycles. The predicted octanol–water partition coefficient (Wildman–Crippen LogP) is 3.58. The fraction of sp³-hybridized carbons (Fsp3) is 0.632. The van der Waals surface area contributed by atoms with Crippen LogP contribution in [0.2, 0.25) is 0 Å². The van der Waals surface area contributed by atoms with E-state index in [9.17, 15) is 14.4 Å². The van der Waals surface area contributed by atoms with Gasteiger partial charge in [0.1, 0.15) is 5.00 Å². The summed E-state index contributed by atoms with van der Waals surface area (Å²) in [5, 5.41) is 2.93. The molecule has 0 radical (unpaired) electrons. The maximum Gasteiger partial charge on any atom is 0.397 e. The highest BCUT2D eigenvalue weighted by atomic mass is 32.1. The van der Waals surface area contributed by atoms with Crippen LogP contribution in [-0.2, 0) is 31.9 Å². The highest BCUT2D eigenvalue weighted by Gasteiger charge is 2.35. The molecule has 1 aliphatic rings. The number of carbonyl (C=O) groups excluding carboxylic acids is 3. The third-order valence-electron chi connectivity index (χ3n) is 4.66. The van der Waals surface area contributed by atoms with Crippen LogP contribution in [0.5, 0.6) is 0 Å². The summed E-state index contributed by atoms with van der Waals surface area (Å²) in [5.41, 5.74) is 1.49. The number of hydrogen-bond acceptors (Lipinski definition) is 6. The molecule has 0 unspecified atom stereocenters. The van der Waals surface area contributed by atoms with Crippen molar-refractivity contribution in [1.29, 1.82) is 0 Å². The second kappa shape index (κ2) is 8.20. The van der Waals surface area contributed by atoms with E-state index in [-0.39, 0.29) is 18.6 Å². The number of rotatable bonds is 4. The minimum atomic E-state index is -0.957. The number of thiophene rings is 1. The molecule has 6 nitrogen and oxygen atoms in total. The van der Waals surface area contributed by atoms with Crippen molar-refractivity contribution in [2.24, 2.45) is 11.3 Å². The van der Waals surface area contributed by atoms with Crippen molar-refractivity contribution in [2.45, 2.75) is 53.9 Å². The summed E-state index contributed by atoms with van der Waals surface area (Å²) < 4.78 is 9.90. The van der Waals surface area contributed by atoms with E-state index in [0.717, 1.165) is 29.7 Å². The molecular formula is C19H27NO5S. The highest BCUT2D eigenvalue weighted by Crippen LogP contribution is 2.44. The minimum absolute atomic E-state index is 0.116. The molecule has 1 aromatic rings. The third kappa shape index (κ3) is 4.44. The number of amides is 1. The van der Waals surface area contributed by atoms with Crippen molar-refractivity contribution in [3.63, 3.8) is 0 Å². The van der Waals surface area contributed by atoms with Gasteiger partial charge in [-0.1, -0.05) is 20.8 Å². The molecule has 26 heavy (non-hydrogen) atoms. The van der Waals surface area contributed by atoms with Gasteiger partial charge in [-0.25, -0.2) is 9.59 Å². The molecule has 1 aromatic heterocycles. The quantitative estimate of drug-likeness (QED) is 0.637. The van der Waals surface area contributed by atoms with E-state index in [1.807, 2.05) is 0 Å². The van der Waals surface area contributed by atoms with Crippen molar-refractivity contribution in [3.05, 3.63) is 16.0 Å². The number of fused-ring (bicyclic) bond motifs is 1. The maximum atomic E-state index is 12.5. The van der Waals surface area contributed by atoms with Crippen LogP contribution in [0.1, 0.15) is 61.8 Å². The highest BCUT2D eigenvalue weighted by molar-refractivity contribution is 7.17. The molecule has 2 rings (SSSR count). The van der Waals surface area contributed by atoms with Crippen molar-refractivity contribution >= 4 is 34.2 Å². The van der Waals surface area contributed by atoms with Crippen LogP contribution in [0.25, 0.3) is 0 Å². The van der Waals surface area contributed by atoms with Gasteiger partial charge in [0, 0.05) is 4.88 Å². The second-order valence-corrected chi connectivity index (χ2v) is 8.51. The molecule has 1 N–H and O–H groups in total. The number of carbonyl (C=O) groups is 3. The number of esters is 2. The zero-order chi connectivity index (χ0) is 19.5. The van der Waals surface area contributed by atoms with Crippen molar-refractivity contribution < 1.29 is 23.9 Å². The van der Waals surface area contributed by atoms with Crippen LogP contribution in [0.3, 0.4) is 0 Å². The van der Waals surface area contributed by atoms with Gasteiger partial charge in [0.05, 0.1) is 18.8 Å². The summed E-state index contributed by atoms with van der Waals surface area (Å²) in [5.74, 6) is -1.79. The lowest BCUT2D eigenvalue weighted by Crippen LogP contribution is -2.27. The maximum absolute atomic E-state index is 12.5. The Hall–Kier alpha value is -1.89. The molecule has 7 heteroatoms. The lowest BCUT2D eigenvalue weighted by atomic mass is 9.72. The van der Waals surface area contributed by atoms with E-state index in [2.05, 4.69) is 26.1 Å². The first-order chi connectivity index (χ1) is 12.2. The third-order valence-corrected chi connectivity index (χ3v) is 5.83. The van der Waals surface area contributed by atoms with Crippen LogP contribution >= 0.6 is 11.3 Å². The Balaban J connectivity index is 2.35. The average Bonchev–Trinajstić information content (AvgIpc) is 2.91. The number of ether oxygens (including phenoxy) is 2. The SMILES string of the molecule is CCOC(=O)C(=O)Nc1sc2c(c1C(=O)OCC)CC[C@@H](C(C)(C)C)C2. The van der Waals surface area contributed by atoms with Gasteiger partial charge in [-0.15, -0.1) is 11.3 Å². The molecule has 0 saturated heterocycles. The van der Waals surface area contributed by atoms with Crippen molar-refractivity contribution in [3.8, 4) is 0 Å². The molecule has 1 heterocycles. The van der Waals surface area contributed by atoms with Gasteiger partial charge in [-0.2, -0.15) is 0 Å². The normalized spacial score (nSPS) is 16.6. The molecule has 0 spiro atoms. The zero-order valence-corrected chi connectivity index (χ0v) is 16.9. The van der Waals surface area contributed by atoms with E-state index in [4.69, 9.17) is 9.47 Å². The van der Waals surface area contributed by atoms with Gasteiger partial charge in [0.25, 0.3) is 0 Å². The van der Waals surface area contributed by atoms with Gasteiger partial charge in [-0.05, 0) is 50.0 Å². The Morgan fingerprint density at radius 1 is 1.15 bits per heavy atom. The van der Waals surface area contributed by atoms with Gasteiger partial charge >= 0.3 is 17.8 Å².